The second-order valence-corrected chi connectivity index (χ2v) is 7.22. The largest absolute Gasteiger partial charge is 0.459 e. The quantitative estimate of drug-likeness (QED) is 0.591. The smallest absolute Gasteiger partial charge is 0.338 e. The molecule has 2 aromatic carbocycles. The molecule has 3 atom stereocenters. The summed E-state index contributed by atoms with van der Waals surface area (Å²) in [6.07, 6.45) is -1.45. The van der Waals surface area contributed by atoms with Gasteiger partial charge < -0.3 is 18.9 Å². The summed E-state index contributed by atoms with van der Waals surface area (Å²) in [6.45, 7) is 2.20. The Hall–Kier alpha value is -2.12. The van der Waals surface area contributed by atoms with Gasteiger partial charge in [-0.25, -0.2) is 9.59 Å². The Balaban J connectivity index is 1.62. The van der Waals surface area contributed by atoms with Gasteiger partial charge in [0.15, 0.2) is 6.29 Å². The zero-order chi connectivity index (χ0) is 20.8. The van der Waals surface area contributed by atoms with Crippen molar-refractivity contribution in [3.8, 4) is 0 Å². The van der Waals surface area contributed by atoms with Gasteiger partial charge in [0.1, 0.15) is 18.8 Å². The van der Waals surface area contributed by atoms with Crippen molar-refractivity contribution in [1.29, 1.82) is 0 Å². The SMILES string of the molecule is CCOC1C[C@H](OC(=O)c2ccc(Cl)cc2)[C@@H](COC(=O)c2ccc(Cl)cc2)O1. The maximum absolute atomic E-state index is 12.4. The number of carbonyl (C=O) groups excluding carboxylic acids is 2. The molecule has 1 aliphatic rings. The van der Waals surface area contributed by atoms with Crippen LogP contribution < -0.4 is 0 Å². The number of ether oxygens (including phenoxy) is 4. The molecule has 1 heterocycles. The Kier molecular flexibility index (Phi) is 7.50. The van der Waals surface area contributed by atoms with Gasteiger partial charge in [0.05, 0.1) is 11.1 Å². The number of benzene rings is 2. The predicted octanol–water partition coefficient (Wildman–Crippen LogP) is 4.53. The molecule has 1 fully saturated rings. The van der Waals surface area contributed by atoms with Gasteiger partial charge in [0.2, 0.25) is 0 Å². The Labute approximate surface area is 178 Å². The molecule has 0 radical (unpaired) electrons. The van der Waals surface area contributed by atoms with Crippen LogP contribution in [0.4, 0.5) is 0 Å². The summed E-state index contributed by atoms with van der Waals surface area (Å²) in [4.78, 5) is 24.7. The molecule has 0 spiro atoms. The molecule has 1 saturated heterocycles. The van der Waals surface area contributed by atoms with Crippen LogP contribution in [0.25, 0.3) is 0 Å². The van der Waals surface area contributed by atoms with E-state index in [4.69, 9.17) is 42.1 Å². The number of hydrogen-bond donors (Lipinski definition) is 0. The van der Waals surface area contributed by atoms with E-state index in [1.165, 1.54) is 0 Å². The average Bonchev–Trinajstić information content (AvgIpc) is 3.08. The molecular formula is C21H20Cl2O6. The number of halogens is 2. The minimum absolute atomic E-state index is 0.0798. The van der Waals surface area contributed by atoms with E-state index < -0.39 is 30.4 Å². The van der Waals surface area contributed by atoms with E-state index in [-0.39, 0.29) is 6.61 Å². The van der Waals surface area contributed by atoms with E-state index >= 15 is 0 Å². The van der Waals surface area contributed by atoms with Crippen LogP contribution >= 0.6 is 23.2 Å². The van der Waals surface area contributed by atoms with Crippen molar-refractivity contribution in [2.75, 3.05) is 13.2 Å². The summed E-state index contributed by atoms with van der Waals surface area (Å²) in [6, 6.07) is 12.7. The van der Waals surface area contributed by atoms with Crippen LogP contribution in [0.1, 0.15) is 34.1 Å². The highest BCUT2D eigenvalue weighted by Gasteiger charge is 2.39. The second kappa shape index (κ2) is 10.1. The summed E-state index contributed by atoms with van der Waals surface area (Å²) in [5.41, 5.74) is 0.731. The fourth-order valence-corrected chi connectivity index (χ4v) is 3.11. The van der Waals surface area contributed by atoms with Crippen molar-refractivity contribution in [3.05, 3.63) is 69.7 Å². The molecule has 0 N–H and O–H groups in total. The van der Waals surface area contributed by atoms with E-state index in [9.17, 15) is 9.59 Å². The Morgan fingerprint density at radius 3 is 2.07 bits per heavy atom. The molecule has 0 saturated carbocycles. The minimum atomic E-state index is -0.640. The summed E-state index contributed by atoms with van der Waals surface area (Å²) in [5.74, 6) is -1.03. The molecular weight excluding hydrogens is 419 g/mol. The monoisotopic (exact) mass is 438 g/mol. The van der Waals surface area contributed by atoms with Crippen LogP contribution in [-0.2, 0) is 18.9 Å². The van der Waals surface area contributed by atoms with Crippen molar-refractivity contribution in [3.63, 3.8) is 0 Å². The van der Waals surface area contributed by atoms with Crippen molar-refractivity contribution < 1.29 is 28.5 Å². The van der Waals surface area contributed by atoms with Crippen molar-refractivity contribution in [2.24, 2.45) is 0 Å². The number of rotatable bonds is 7. The maximum Gasteiger partial charge on any atom is 0.338 e. The van der Waals surface area contributed by atoms with E-state index in [1.54, 1.807) is 48.5 Å². The van der Waals surface area contributed by atoms with Gasteiger partial charge in [-0.1, -0.05) is 23.2 Å². The molecule has 3 rings (SSSR count). The van der Waals surface area contributed by atoms with Gasteiger partial charge in [0, 0.05) is 23.1 Å². The van der Waals surface area contributed by atoms with Crippen LogP contribution in [0.15, 0.2) is 48.5 Å². The number of carbonyl (C=O) groups is 2. The standard InChI is InChI=1S/C21H20Cl2O6/c1-2-26-19-11-17(29-21(25)14-5-9-16(23)10-6-14)18(28-19)12-27-20(24)13-3-7-15(22)8-4-13/h3-10,17-19H,2,11-12H2,1H3/t17-,18+,19?/m0/s1. The van der Waals surface area contributed by atoms with Gasteiger partial charge in [-0.3, -0.25) is 0 Å². The fraction of sp³-hybridized carbons (Fsp3) is 0.333. The first kappa shape index (κ1) is 21.6. The third-order valence-corrected chi connectivity index (χ3v) is 4.82. The lowest BCUT2D eigenvalue weighted by Gasteiger charge is -2.19. The topological polar surface area (TPSA) is 71.1 Å². The number of hydrogen-bond acceptors (Lipinski definition) is 6. The highest BCUT2D eigenvalue weighted by molar-refractivity contribution is 6.30. The molecule has 0 amide bonds. The fourth-order valence-electron chi connectivity index (χ4n) is 2.86. The van der Waals surface area contributed by atoms with Crippen LogP contribution in [0.3, 0.4) is 0 Å². The van der Waals surface area contributed by atoms with Crippen molar-refractivity contribution in [1.82, 2.24) is 0 Å². The van der Waals surface area contributed by atoms with E-state index in [0.717, 1.165) is 0 Å². The average molecular weight is 439 g/mol. The van der Waals surface area contributed by atoms with Gasteiger partial charge in [-0.2, -0.15) is 0 Å². The minimum Gasteiger partial charge on any atom is -0.459 e. The molecule has 0 aliphatic carbocycles. The van der Waals surface area contributed by atoms with Crippen LogP contribution in [0.2, 0.25) is 10.0 Å². The van der Waals surface area contributed by atoms with E-state index in [0.29, 0.717) is 34.2 Å². The molecule has 8 heteroatoms. The highest BCUT2D eigenvalue weighted by atomic mass is 35.5. The molecule has 29 heavy (non-hydrogen) atoms. The maximum atomic E-state index is 12.4. The summed E-state index contributed by atoms with van der Waals surface area (Å²) < 4.78 is 22.2. The predicted molar refractivity (Wildman–Crippen MR) is 107 cm³/mol. The van der Waals surface area contributed by atoms with Crippen LogP contribution in [0, 0.1) is 0 Å². The zero-order valence-electron chi connectivity index (χ0n) is 15.7. The van der Waals surface area contributed by atoms with Crippen molar-refractivity contribution >= 4 is 35.1 Å². The van der Waals surface area contributed by atoms with Gasteiger partial charge >= 0.3 is 11.9 Å². The van der Waals surface area contributed by atoms with Gasteiger partial charge in [-0.05, 0) is 55.5 Å². The number of esters is 2. The third kappa shape index (κ3) is 5.93. The molecule has 154 valence electrons. The molecule has 1 unspecified atom stereocenters. The van der Waals surface area contributed by atoms with E-state index in [1.807, 2.05) is 6.92 Å². The second-order valence-electron chi connectivity index (χ2n) is 6.35. The zero-order valence-corrected chi connectivity index (χ0v) is 17.2. The third-order valence-electron chi connectivity index (χ3n) is 4.32. The first-order valence-corrected chi connectivity index (χ1v) is 9.88. The molecule has 6 nitrogen and oxygen atoms in total. The van der Waals surface area contributed by atoms with Gasteiger partial charge in [-0.15, -0.1) is 0 Å². The summed E-state index contributed by atoms with van der Waals surface area (Å²) >= 11 is 11.7. The molecule has 2 aromatic rings. The Morgan fingerprint density at radius 2 is 1.52 bits per heavy atom. The Morgan fingerprint density at radius 1 is 0.966 bits per heavy atom. The lowest BCUT2D eigenvalue weighted by molar-refractivity contribution is -0.141. The Bertz CT molecular complexity index is 837. The van der Waals surface area contributed by atoms with Crippen LogP contribution in [-0.4, -0.2) is 43.7 Å². The van der Waals surface area contributed by atoms with Crippen molar-refractivity contribution in [2.45, 2.75) is 31.8 Å². The lowest BCUT2D eigenvalue weighted by atomic mass is 10.1. The van der Waals surface area contributed by atoms with Gasteiger partial charge in [0.25, 0.3) is 0 Å². The first-order chi connectivity index (χ1) is 14.0. The van der Waals surface area contributed by atoms with E-state index in [2.05, 4.69) is 0 Å². The van der Waals surface area contributed by atoms with Crippen LogP contribution in [0.5, 0.6) is 0 Å². The molecule has 0 aromatic heterocycles. The molecule has 1 aliphatic heterocycles. The molecule has 0 bridgehead atoms. The summed E-state index contributed by atoms with van der Waals surface area (Å²) in [7, 11) is 0. The summed E-state index contributed by atoms with van der Waals surface area (Å²) in [5, 5.41) is 1.04. The first-order valence-electron chi connectivity index (χ1n) is 9.12. The lowest BCUT2D eigenvalue weighted by Crippen LogP contribution is -2.32. The highest BCUT2D eigenvalue weighted by Crippen LogP contribution is 2.26. The normalized spacial score (nSPS) is 21.0.